The highest BCUT2D eigenvalue weighted by atomic mass is 14.8. The molecule has 0 spiro atoms. The van der Waals surface area contributed by atoms with Crippen LogP contribution < -0.4 is 11.5 Å². The average Bonchev–Trinajstić information content (AvgIpc) is 2.46. The molecule has 0 aliphatic carbocycles. The summed E-state index contributed by atoms with van der Waals surface area (Å²) >= 11 is 0. The van der Waals surface area contributed by atoms with Gasteiger partial charge in [0.25, 0.3) is 0 Å². The Balaban J connectivity index is 1.82. The first-order valence-corrected chi connectivity index (χ1v) is 6.46. The Labute approximate surface area is 118 Å². The topological polar surface area (TPSA) is 76.8 Å². The molecule has 2 aromatic carbocycles. The Morgan fingerprint density at radius 2 is 1.10 bits per heavy atom. The van der Waals surface area contributed by atoms with E-state index < -0.39 is 0 Å². The van der Waals surface area contributed by atoms with E-state index in [2.05, 4.69) is 9.98 Å². The van der Waals surface area contributed by atoms with Gasteiger partial charge in [0.2, 0.25) is 0 Å². The summed E-state index contributed by atoms with van der Waals surface area (Å²) in [7, 11) is 0. The summed E-state index contributed by atoms with van der Waals surface area (Å²) in [5.41, 5.74) is 15.0. The van der Waals surface area contributed by atoms with Gasteiger partial charge in [-0.1, -0.05) is 36.4 Å². The molecule has 0 atom stereocenters. The third kappa shape index (κ3) is 3.95. The summed E-state index contributed by atoms with van der Waals surface area (Å²) in [5.74, 6) is 0. The molecule has 0 amide bonds. The van der Waals surface area contributed by atoms with Crippen LogP contribution in [0.2, 0.25) is 0 Å². The van der Waals surface area contributed by atoms with Gasteiger partial charge < -0.3 is 11.5 Å². The lowest BCUT2D eigenvalue weighted by Gasteiger charge is -1.98. The van der Waals surface area contributed by atoms with Gasteiger partial charge in [-0.3, -0.25) is 9.98 Å². The van der Waals surface area contributed by atoms with Crippen molar-refractivity contribution >= 4 is 23.8 Å². The first-order valence-electron chi connectivity index (χ1n) is 6.46. The second-order valence-electron chi connectivity index (χ2n) is 4.33. The number of aliphatic imine (C=N–C) groups is 2. The van der Waals surface area contributed by atoms with Crippen LogP contribution >= 0.6 is 0 Å². The van der Waals surface area contributed by atoms with E-state index in [9.17, 15) is 0 Å². The number of para-hydroxylation sites is 2. The smallest absolute Gasteiger partial charge is 0.0585 e. The molecule has 4 N–H and O–H groups in total. The molecule has 0 radical (unpaired) electrons. The van der Waals surface area contributed by atoms with E-state index in [1.54, 1.807) is 12.4 Å². The number of hydrogen-bond donors (Lipinski definition) is 2. The number of benzene rings is 2. The van der Waals surface area contributed by atoms with Crippen molar-refractivity contribution in [1.29, 1.82) is 0 Å². The van der Waals surface area contributed by atoms with Crippen LogP contribution in [-0.2, 0) is 0 Å². The van der Waals surface area contributed by atoms with Crippen molar-refractivity contribution in [3.8, 4) is 0 Å². The zero-order valence-corrected chi connectivity index (χ0v) is 11.2. The maximum atomic E-state index is 5.82. The molecular weight excluding hydrogens is 248 g/mol. The van der Waals surface area contributed by atoms with Gasteiger partial charge >= 0.3 is 0 Å². The van der Waals surface area contributed by atoms with E-state index in [1.165, 1.54) is 0 Å². The normalized spacial score (nSPS) is 11.4. The van der Waals surface area contributed by atoms with Gasteiger partial charge in [0.15, 0.2) is 0 Å². The summed E-state index contributed by atoms with van der Waals surface area (Å²) in [4.78, 5) is 8.61. The van der Waals surface area contributed by atoms with Gasteiger partial charge in [-0.15, -0.1) is 0 Å². The Morgan fingerprint density at radius 1 is 0.700 bits per heavy atom. The third-order valence-corrected chi connectivity index (χ3v) is 2.81. The van der Waals surface area contributed by atoms with Crippen molar-refractivity contribution < 1.29 is 0 Å². The highest BCUT2D eigenvalue weighted by molar-refractivity contribution is 5.87. The van der Waals surface area contributed by atoms with Gasteiger partial charge in [-0.2, -0.15) is 0 Å². The van der Waals surface area contributed by atoms with Gasteiger partial charge in [-0.25, -0.2) is 0 Å². The van der Waals surface area contributed by atoms with Crippen molar-refractivity contribution in [3.05, 3.63) is 59.7 Å². The predicted molar refractivity (Wildman–Crippen MR) is 86.6 cm³/mol. The molecule has 2 aromatic rings. The minimum atomic E-state index is 0.623. The maximum absolute atomic E-state index is 5.82. The molecule has 0 bridgehead atoms. The summed E-state index contributed by atoms with van der Waals surface area (Å²) in [6.45, 7) is 1.25. The van der Waals surface area contributed by atoms with E-state index in [1.807, 2.05) is 48.5 Å². The van der Waals surface area contributed by atoms with Crippen LogP contribution in [0.15, 0.2) is 58.5 Å². The van der Waals surface area contributed by atoms with Crippen LogP contribution in [0.1, 0.15) is 11.1 Å². The van der Waals surface area contributed by atoms with Crippen molar-refractivity contribution in [2.24, 2.45) is 9.98 Å². The number of anilines is 2. The van der Waals surface area contributed by atoms with E-state index in [0.29, 0.717) is 13.1 Å². The molecule has 4 nitrogen and oxygen atoms in total. The molecule has 20 heavy (non-hydrogen) atoms. The Morgan fingerprint density at radius 3 is 1.50 bits per heavy atom. The molecule has 0 saturated heterocycles. The van der Waals surface area contributed by atoms with Gasteiger partial charge in [0.05, 0.1) is 13.1 Å². The average molecular weight is 266 g/mol. The van der Waals surface area contributed by atoms with Crippen molar-refractivity contribution in [2.45, 2.75) is 0 Å². The van der Waals surface area contributed by atoms with Gasteiger partial charge in [0.1, 0.15) is 0 Å². The van der Waals surface area contributed by atoms with Crippen molar-refractivity contribution in [2.75, 3.05) is 24.6 Å². The maximum Gasteiger partial charge on any atom is 0.0585 e. The molecule has 0 saturated carbocycles. The molecule has 0 aromatic heterocycles. The minimum absolute atomic E-state index is 0.623. The van der Waals surface area contributed by atoms with Crippen molar-refractivity contribution in [3.63, 3.8) is 0 Å². The van der Waals surface area contributed by atoms with Crippen LogP contribution in [-0.4, -0.2) is 25.5 Å². The predicted octanol–water partition coefficient (Wildman–Crippen LogP) is 2.39. The second-order valence-corrected chi connectivity index (χ2v) is 4.33. The van der Waals surface area contributed by atoms with E-state index >= 15 is 0 Å². The SMILES string of the molecule is Nc1ccccc1/C=N/CC/N=C/c1ccccc1N. The van der Waals surface area contributed by atoms with Gasteiger partial charge in [-0.05, 0) is 12.1 Å². The highest BCUT2D eigenvalue weighted by Crippen LogP contribution is 2.08. The molecular formula is C16H18N4. The monoisotopic (exact) mass is 266 g/mol. The van der Waals surface area contributed by atoms with Crippen molar-refractivity contribution in [1.82, 2.24) is 0 Å². The molecule has 0 unspecified atom stereocenters. The van der Waals surface area contributed by atoms with Gasteiger partial charge in [0, 0.05) is 34.9 Å². The first kappa shape index (κ1) is 13.8. The Hall–Kier alpha value is -2.62. The number of rotatable bonds is 5. The summed E-state index contributed by atoms with van der Waals surface area (Å²) in [6, 6.07) is 15.3. The van der Waals surface area contributed by atoms with Crippen LogP contribution in [0, 0.1) is 0 Å². The summed E-state index contributed by atoms with van der Waals surface area (Å²) in [6.07, 6.45) is 3.56. The van der Waals surface area contributed by atoms with Crippen LogP contribution in [0.3, 0.4) is 0 Å². The summed E-state index contributed by atoms with van der Waals surface area (Å²) < 4.78 is 0. The first-order chi connectivity index (χ1) is 9.77. The molecule has 2 rings (SSSR count). The molecule has 4 heteroatoms. The number of nitrogen functional groups attached to an aromatic ring is 2. The number of nitrogens with zero attached hydrogens (tertiary/aromatic N) is 2. The summed E-state index contributed by atoms with van der Waals surface area (Å²) in [5, 5.41) is 0. The fourth-order valence-corrected chi connectivity index (χ4v) is 1.70. The third-order valence-electron chi connectivity index (χ3n) is 2.81. The lowest BCUT2D eigenvalue weighted by molar-refractivity contribution is 0.985. The minimum Gasteiger partial charge on any atom is -0.398 e. The molecule has 0 fully saturated rings. The second kappa shape index (κ2) is 7.09. The van der Waals surface area contributed by atoms with Crippen LogP contribution in [0.5, 0.6) is 0 Å². The number of nitrogens with two attached hydrogens (primary N) is 2. The van der Waals surface area contributed by atoms with E-state index in [0.717, 1.165) is 22.5 Å². The molecule has 0 aliphatic heterocycles. The molecule has 0 aliphatic rings. The zero-order chi connectivity index (χ0) is 14.2. The molecule has 0 heterocycles. The fourth-order valence-electron chi connectivity index (χ4n) is 1.70. The molecule has 102 valence electrons. The standard InChI is InChI=1S/C16H18N4/c17-15-7-3-1-5-13(15)11-19-9-10-20-12-14-6-2-4-8-16(14)18/h1-8,11-12H,9-10,17-18H2/b19-11+,20-12+. The van der Waals surface area contributed by atoms with Crippen LogP contribution in [0.4, 0.5) is 11.4 Å². The lowest BCUT2D eigenvalue weighted by Crippen LogP contribution is -1.95. The lowest BCUT2D eigenvalue weighted by atomic mass is 10.2. The highest BCUT2D eigenvalue weighted by Gasteiger charge is 1.93. The largest absolute Gasteiger partial charge is 0.398 e. The van der Waals surface area contributed by atoms with Crippen LogP contribution in [0.25, 0.3) is 0 Å². The van der Waals surface area contributed by atoms with E-state index in [4.69, 9.17) is 11.5 Å². The fraction of sp³-hybridized carbons (Fsp3) is 0.125. The Kier molecular flexibility index (Phi) is 4.89. The number of hydrogen-bond acceptors (Lipinski definition) is 4. The Bertz CT molecular complexity index is 562. The van der Waals surface area contributed by atoms with E-state index in [-0.39, 0.29) is 0 Å². The quantitative estimate of drug-likeness (QED) is 0.495. The zero-order valence-electron chi connectivity index (χ0n) is 11.2.